The van der Waals surface area contributed by atoms with Crippen LogP contribution in [-0.4, -0.2) is 16.0 Å². The summed E-state index contributed by atoms with van der Waals surface area (Å²) < 4.78 is 0. The molecule has 0 aliphatic heterocycles. The number of aromatic hydroxyl groups is 1. The fourth-order valence-electron chi connectivity index (χ4n) is 3.14. The Morgan fingerprint density at radius 2 is 2.00 bits per heavy atom. The second-order valence-electron chi connectivity index (χ2n) is 6.17. The molecule has 1 aliphatic rings. The molecule has 0 spiro atoms. The van der Waals surface area contributed by atoms with Crippen LogP contribution in [0.3, 0.4) is 0 Å². The van der Waals surface area contributed by atoms with Crippen molar-refractivity contribution in [1.82, 2.24) is 4.98 Å². The number of carbonyl (C=O) groups is 1. The van der Waals surface area contributed by atoms with Crippen LogP contribution in [0.5, 0.6) is 5.75 Å². The maximum Gasteiger partial charge on any atom is 0.226 e. The molecule has 5 heteroatoms. The van der Waals surface area contributed by atoms with E-state index in [1.165, 1.54) is 4.88 Å². The van der Waals surface area contributed by atoms with Crippen molar-refractivity contribution in [3.63, 3.8) is 0 Å². The van der Waals surface area contributed by atoms with Gasteiger partial charge in [0.05, 0.1) is 5.69 Å². The fourth-order valence-corrected chi connectivity index (χ4v) is 4.13. The number of thiazole rings is 1. The van der Waals surface area contributed by atoms with Crippen LogP contribution in [0.2, 0.25) is 0 Å². The van der Waals surface area contributed by atoms with E-state index in [1.807, 2.05) is 36.4 Å². The molecule has 2 aromatic carbocycles. The van der Waals surface area contributed by atoms with Gasteiger partial charge in [-0.2, -0.15) is 0 Å². The standard InChI is InChI=1S/C20H18N2O2S/c23-15-8-9-16-14(12-15)7-10-17-19(16)22-20(25-17)21-18(24)11-6-13-4-2-1-3-5-13/h1-5,8-9,12,23H,6-7,10-11H2,(H,21,22,24). The number of benzene rings is 2. The molecule has 1 aromatic heterocycles. The van der Waals surface area contributed by atoms with Gasteiger partial charge >= 0.3 is 0 Å². The summed E-state index contributed by atoms with van der Waals surface area (Å²) in [5, 5.41) is 13.2. The number of hydrogen-bond donors (Lipinski definition) is 2. The molecule has 3 aromatic rings. The van der Waals surface area contributed by atoms with Gasteiger partial charge in [-0.25, -0.2) is 4.98 Å². The monoisotopic (exact) mass is 350 g/mol. The lowest BCUT2D eigenvalue weighted by Gasteiger charge is -2.14. The smallest absolute Gasteiger partial charge is 0.226 e. The molecule has 1 heterocycles. The third-order valence-electron chi connectivity index (χ3n) is 4.39. The zero-order chi connectivity index (χ0) is 17.2. The summed E-state index contributed by atoms with van der Waals surface area (Å²) in [5.41, 5.74) is 4.26. The van der Waals surface area contributed by atoms with Crippen LogP contribution in [-0.2, 0) is 24.1 Å². The Kier molecular flexibility index (Phi) is 4.24. The molecule has 4 rings (SSSR count). The van der Waals surface area contributed by atoms with Crippen molar-refractivity contribution in [3.8, 4) is 17.0 Å². The molecule has 0 bridgehead atoms. The van der Waals surface area contributed by atoms with E-state index in [0.29, 0.717) is 11.6 Å². The van der Waals surface area contributed by atoms with Crippen molar-refractivity contribution in [2.45, 2.75) is 25.7 Å². The zero-order valence-corrected chi connectivity index (χ0v) is 14.5. The third-order valence-corrected chi connectivity index (χ3v) is 5.42. The number of carbonyl (C=O) groups excluding carboxylic acids is 1. The molecular weight excluding hydrogens is 332 g/mol. The van der Waals surface area contributed by atoms with Crippen LogP contribution in [0, 0.1) is 0 Å². The van der Waals surface area contributed by atoms with E-state index >= 15 is 0 Å². The van der Waals surface area contributed by atoms with E-state index in [1.54, 1.807) is 23.5 Å². The predicted molar refractivity (Wildman–Crippen MR) is 100 cm³/mol. The van der Waals surface area contributed by atoms with Crippen LogP contribution in [0.1, 0.15) is 22.4 Å². The minimum absolute atomic E-state index is 0.0131. The van der Waals surface area contributed by atoms with Gasteiger partial charge in [0.15, 0.2) is 5.13 Å². The van der Waals surface area contributed by atoms with Gasteiger partial charge < -0.3 is 10.4 Å². The Balaban J connectivity index is 1.46. The predicted octanol–water partition coefficient (Wildman–Crippen LogP) is 4.19. The van der Waals surface area contributed by atoms with Crippen molar-refractivity contribution in [1.29, 1.82) is 0 Å². The minimum atomic E-state index is -0.0131. The zero-order valence-electron chi connectivity index (χ0n) is 13.7. The number of phenols is 1. The summed E-state index contributed by atoms with van der Waals surface area (Å²) in [6.45, 7) is 0. The van der Waals surface area contributed by atoms with Gasteiger partial charge in [0.25, 0.3) is 0 Å². The largest absolute Gasteiger partial charge is 0.508 e. The highest BCUT2D eigenvalue weighted by molar-refractivity contribution is 7.16. The summed E-state index contributed by atoms with van der Waals surface area (Å²) >= 11 is 1.55. The van der Waals surface area contributed by atoms with Gasteiger partial charge in [-0.15, -0.1) is 11.3 Å². The molecule has 0 saturated carbocycles. The summed E-state index contributed by atoms with van der Waals surface area (Å²) in [6.07, 6.45) is 2.95. The number of nitrogens with zero attached hydrogens (tertiary/aromatic N) is 1. The van der Waals surface area contributed by atoms with Gasteiger partial charge in [-0.05, 0) is 48.6 Å². The molecule has 0 unspecified atom stereocenters. The average molecular weight is 350 g/mol. The van der Waals surface area contributed by atoms with E-state index in [4.69, 9.17) is 0 Å². The van der Waals surface area contributed by atoms with Crippen LogP contribution in [0.25, 0.3) is 11.3 Å². The third kappa shape index (κ3) is 3.42. The molecule has 0 radical (unpaired) electrons. The number of phenolic OH excluding ortho intramolecular Hbond substituents is 1. The lowest BCUT2D eigenvalue weighted by atomic mass is 9.93. The number of aryl methyl sites for hydroxylation is 3. The highest BCUT2D eigenvalue weighted by Gasteiger charge is 2.21. The van der Waals surface area contributed by atoms with Crippen LogP contribution in [0.15, 0.2) is 48.5 Å². The van der Waals surface area contributed by atoms with Gasteiger partial charge in [-0.3, -0.25) is 4.79 Å². The van der Waals surface area contributed by atoms with Gasteiger partial charge in [-0.1, -0.05) is 30.3 Å². The normalized spacial score (nSPS) is 12.3. The Labute approximate surface area is 150 Å². The maximum absolute atomic E-state index is 12.2. The summed E-state index contributed by atoms with van der Waals surface area (Å²) in [7, 11) is 0. The number of amides is 1. The number of hydrogen-bond acceptors (Lipinski definition) is 4. The molecule has 1 amide bonds. The van der Waals surface area contributed by atoms with Crippen molar-refractivity contribution >= 4 is 22.4 Å². The highest BCUT2D eigenvalue weighted by atomic mass is 32.1. The fraction of sp³-hybridized carbons (Fsp3) is 0.200. The van der Waals surface area contributed by atoms with Crippen LogP contribution in [0.4, 0.5) is 5.13 Å². The van der Waals surface area contributed by atoms with Gasteiger partial charge in [0.2, 0.25) is 5.91 Å². The molecular formula is C20H18N2O2S. The highest BCUT2D eigenvalue weighted by Crippen LogP contribution is 2.39. The van der Waals surface area contributed by atoms with Crippen molar-refractivity contribution in [2.24, 2.45) is 0 Å². The Hall–Kier alpha value is -2.66. The Bertz CT molecular complexity index is 919. The summed E-state index contributed by atoms with van der Waals surface area (Å²) in [4.78, 5) is 18.0. The van der Waals surface area contributed by atoms with E-state index in [-0.39, 0.29) is 11.7 Å². The lowest BCUT2D eigenvalue weighted by molar-refractivity contribution is -0.116. The maximum atomic E-state index is 12.2. The summed E-state index contributed by atoms with van der Waals surface area (Å²) in [5.74, 6) is 0.271. The Morgan fingerprint density at radius 3 is 2.84 bits per heavy atom. The second-order valence-corrected chi connectivity index (χ2v) is 7.25. The van der Waals surface area contributed by atoms with E-state index in [2.05, 4.69) is 10.3 Å². The first kappa shape index (κ1) is 15.8. The number of anilines is 1. The first-order valence-electron chi connectivity index (χ1n) is 8.35. The molecule has 1 aliphatic carbocycles. The van der Waals surface area contributed by atoms with Gasteiger partial charge in [0.1, 0.15) is 5.75 Å². The first-order valence-corrected chi connectivity index (χ1v) is 9.16. The number of nitrogens with one attached hydrogen (secondary N) is 1. The number of aromatic nitrogens is 1. The molecule has 25 heavy (non-hydrogen) atoms. The van der Waals surface area contributed by atoms with E-state index in [9.17, 15) is 9.90 Å². The van der Waals surface area contributed by atoms with E-state index in [0.717, 1.165) is 41.6 Å². The molecule has 126 valence electrons. The summed E-state index contributed by atoms with van der Waals surface area (Å²) in [6, 6.07) is 15.4. The lowest BCUT2D eigenvalue weighted by Crippen LogP contribution is -2.12. The molecule has 0 fully saturated rings. The first-order chi connectivity index (χ1) is 12.2. The van der Waals surface area contributed by atoms with Gasteiger partial charge in [0, 0.05) is 16.9 Å². The second kappa shape index (κ2) is 6.69. The van der Waals surface area contributed by atoms with Crippen molar-refractivity contribution in [2.75, 3.05) is 5.32 Å². The molecule has 0 saturated heterocycles. The molecule has 4 nitrogen and oxygen atoms in total. The topological polar surface area (TPSA) is 62.2 Å². The molecule has 2 N–H and O–H groups in total. The SMILES string of the molecule is O=C(CCc1ccccc1)Nc1nc2c(s1)CCc1cc(O)ccc1-2. The average Bonchev–Trinajstić information content (AvgIpc) is 3.03. The molecule has 0 atom stereocenters. The quantitative estimate of drug-likeness (QED) is 0.742. The Morgan fingerprint density at radius 1 is 1.16 bits per heavy atom. The van der Waals surface area contributed by atoms with E-state index < -0.39 is 0 Å². The number of rotatable bonds is 4. The minimum Gasteiger partial charge on any atom is -0.508 e. The van der Waals surface area contributed by atoms with Crippen LogP contribution < -0.4 is 5.32 Å². The number of fused-ring (bicyclic) bond motifs is 3. The van der Waals surface area contributed by atoms with Crippen molar-refractivity contribution < 1.29 is 9.90 Å². The van der Waals surface area contributed by atoms with Crippen LogP contribution >= 0.6 is 11.3 Å². The van der Waals surface area contributed by atoms with Crippen molar-refractivity contribution in [3.05, 3.63) is 64.5 Å².